The molecule has 0 amide bonds. The number of hydrogen-bond donors (Lipinski definition) is 0. The minimum Gasteiger partial charge on any atom is -0.0755 e. The molecule has 0 nitrogen and oxygen atoms in total. The zero-order valence-corrected chi connectivity index (χ0v) is 41.2. The van der Waals surface area contributed by atoms with E-state index in [2.05, 4.69) is 257 Å². The molecule has 11 aromatic carbocycles. The third-order valence-corrected chi connectivity index (χ3v) is 17.3. The lowest BCUT2D eigenvalue weighted by molar-refractivity contribution is 0.766. The van der Waals surface area contributed by atoms with Gasteiger partial charge < -0.3 is 0 Å². The first kappa shape index (κ1) is 42.1. The first-order valence-corrected chi connectivity index (χ1v) is 26.3. The molecule has 0 N–H and O–H groups in total. The van der Waals surface area contributed by atoms with E-state index in [1.807, 2.05) is 0 Å². The van der Waals surface area contributed by atoms with Gasteiger partial charge in [-0.2, -0.15) is 0 Å². The Morgan fingerprint density at radius 1 is 0.342 bits per heavy atom. The van der Waals surface area contributed by atoms with Crippen LogP contribution in [0.3, 0.4) is 0 Å². The summed E-state index contributed by atoms with van der Waals surface area (Å²) in [4.78, 5) is 0. The molecule has 4 aliphatic rings. The molecule has 0 heteroatoms. The summed E-state index contributed by atoms with van der Waals surface area (Å²) in [6, 6.07) is 85.8. The lowest BCUT2D eigenvalue weighted by Gasteiger charge is -2.35. The summed E-state index contributed by atoms with van der Waals surface area (Å²) in [5, 5.41) is 5.65. The average Bonchev–Trinajstić information content (AvgIpc) is 4.08. The Balaban J connectivity index is 0.939. The smallest absolute Gasteiger partial charge is 0.0714 e. The van der Waals surface area contributed by atoms with Gasteiger partial charge in [-0.1, -0.05) is 238 Å². The molecule has 15 rings (SSSR count). The first-order valence-electron chi connectivity index (χ1n) is 26.3. The summed E-state index contributed by atoms with van der Waals surface area (Å²) in [6.07, 6.45) is 9.54. The van der Waals surface area contributed by atoms with E-state index in [4.69, 9.17) is 0 Å². The van der Waals surface area contributed by atoms with Crippen molar-refractivity contribution in [3.8, 4) is 66.8 Å². The van der Waals surface area contributed by atoms with E-state index in [-0.39, 0.29) is 0 Å². The molecule has 4 aliphatic carbocycles. The fraction of sp³-hybridized carbons (Fsp3) is 0.0959. The topological polar surface area (TPSA) is 0 Å². The summed E-state index contributed by atoms with van der Waals surface area (Å²) >= 11 is 0. The fourth-order valence-corrected chi connectivity index (χ4v) is 13.8. The molecule has 73 heavy (non-hydrogen) atoms. The van der Waals surface area contributed by atoms with Gasteiger partial charge in [0.05, 0.1) is 5.41 Å². The van der Waals surface area contributed by atoms with Crippen LogP contribution in [0.4, 0.5) is 0 Å². The molecule has 0 saturated carbocycles. The Hall–Kier alpha value is -8.58. The summed E-state index contributed by atoms with van der Waals surface area (Å²) in [7, 11) is 0. The molecule has 0 radical (unpaired) electrons. The van der Waals surface area contributed by atoms with Gasteiger partial charge in [-0.25, -0.2) is 0 Å². The molecule has 2 atom stereocenters. The van der Waals surface area contributed by atoms with Gasteiger partial charge in [0.1, 0.15) is 0 Å². The van der Waals surface area contributed by atoms with Gasteiger partial charge in [-0.05, 0) is 175 Å². The number of benzene rings is 11. The van der Waals surface area contributed by atoms with Gasteiger partial charge >= 0.3 is 0 Å². The molecule has 0 fully saturated rings. The van der Waals surface area contributed by atoms with E-state index >= 15 is 0 Å². The number of rotatable bonds is 8. The molecule has 0 spiro atoms. The van der Waals surface area contributed by atoms with E-state index in [0.29, 0.717) is 11.8 Å². The highest BCUT2D eigenvalue weighted by Crippen LogP contribution is 2.59. The molecule has 2 unspecified atom stereocenters. The van der Waals surface area contributed by atoms with Crippen LogP contribution in [-0.2, 0) is 18.3 Å². The van der Waals surface area contributed by atoms with Crippen LogP contribution < -0.4 is 0 Å². The highest BCUT2D eigenvalue weighted by molar-refractivity contribution is 6.16. The Morgan fingerprint density at radius 3 is 1.48 bits per heavy atom. The van der Waals surface area contributed by atoms with E-state index in [0.717, 1.165) is 12.8 Å². The normalized spacial score (nSPS) is 16.1. The Labute approximate surface area is 428 Å². The van der Waals surface area contributed by atoms with Crippen molar-refractivity contribution in [1.29, 1.82) is 0 Å². The third kappa shape index (κ3) is 6.14. The second kappa shape index (κ2) is 16.2. The van der Waals surface area contributed by atoms with Crippen molar-refractivity contribution in [3.63, 3.8) is 0 Å². The monoisotopic (exact) mass is 928 g/mol. The van der Waals surface area contributed by atoms with E-state index in [9.17, 15) is 0 Å². The lowest BCUT2D eigenvalue weighted by atomic mass is 9.66. The summed E-state index contributed by atoms with van der Waals surface area (Å²) in [6.45, 7) is 4.54. The summed E-state index contributed by atoms with van der Waals surface area (Å²) in [5.74, 6) is 0.632. The van der Waals surface area contributed by atoms with Gasteiger partial charge in [-0.3, -0.25) is 0 Å². The van der Waals surface area contributed by atoms with Crippen molar-refractivity contribution >= 4 is 27.1 Å². The quantitative estimate of drug-likeness (QED) is 0.142. The predicted octanol–water partition coefficient (Wildman–Crippen LogP) is 19.0. The van der Waals surface area contributed by atoms with Gasteiger partial charge in [0.25, 0.3) is 0 Å². The zero-order valence-electron chi connectivity index (χ0n) is 41.2. The van der Waals surface area contributed by atoms with Crippen LogP contribution in [-0.4, -0.2) is 0 Å². The highest BCUT2D eigenvalue weighted by atomic mass is 14.5. The molecule has 0 aromatic heterocycles. The van der Waals surface area contributed by atoms with Crippen molar-refractivity contribution in [2.45, 2.75) is 43.9 Å². The largest absolute Gasteiger partial charge is 0.0755 e. The maximum Gasteiger partial charge on any atom is 0.0714 e. The van der Waals surface area contributed by atoms with Gasteiger partial charge in [0.2, 0.25) is 0 Å². The average molecular weight is 929 g/mol. The second-order valence-electron chi connectivity index (χ2n) is 20.7. The molecule has 0 saturated heterocycles. The standard InChI is InChI=1S/C73H52/c1-3-45-25-39-65-59-35-27-51(41-67(59)63-19-11-17-57(45)71(63)65)53-29-37-61-62-38-30-54(52-28-36-60-66-40-26-46(4-2)58-18-12-20-64(72(58)66)68(60)42-52)44-70(62)73(69(61)43-53,55-31-21-49(22-32-55)47-13-7-5-8-14-47)56-33-23-50(24-34-56)48-15-9-6-10-16-48/h5-44,59,67H,3-4H2,1-2H3. The zero-order chi connectivity index (χ0) is 48.4. The summed E-state index contributed by atoms with van der Waals surface area (Å²) in [5.41, 5.74) is 28.1. The Bertz CT molecular complexity index is 4040. The van der Waals surface area contributed by atoms with Crippen LogP contribution in [0.15, 0.2) is 243 Å². The molecule has 0 heterocycles. The van der Waals surface area contributed by atoms with Crippen molar-refractivity contribution in [3.05, 3.63) is 293 Å². The van der Waals surface area contributed by atoms with Crippen LogP contribution in [0, 0.1) is 0 Å². The van der Waals surface area contributed by atoms with Crippen LogP contribution in [0.25, 0.3) is 93.9 Å². The van der Waals surface area contributed by atoms with E-state index in [1.54, 1.807) is 0 Å². The van der Waals surface area contributed by atoms with Gasteiger partial charge in [-0.15, -0.1) is 0 Å². The molecular weight excluding hydrogens is 877 g/mol. The number of aryl methyl sites for hydroxylation is 2. The lowest BCUT2D eigenvalue weighted by Crippen LogP contribution is -2.28. The number of allylic oxidation sites excluding steroid dienone is 4. The molecule has 0 aliphatic heterocycles. The molecule has 0 bridgehead atoms. The second-order valence-corrected chi connectivity index (χ2v) is 20.7. The predicted molar refractivity (Wildman–Crippen MR) is 307 cm³/mol. The summed E-state index contributed by atoms with van der Waals surface area (Å²) < 4.78 is 0. The molecular formula is C73H52. The Morgan fingerprint density at radius 2 is 0.836 bits per heavy atom. The Kier molecular flexibility index (Phi) is 9.36. The van der Waals surface area contributed by atoms with Crippen molar-refractivity contribution in [1.82, 2.24) is 0 Å². The maximum absolute atomic E-state index is 2.58. The minimum absolute atomic E-state index is 0.292. The van der Waals surface area contributed by atoms with E-state index in [1.165, 1.54) is 144 Å². The maximum atomic E-state index is 2.58. The molecule has 344 valence electrons. The number of hydrogen-bond acceptors (Lipinski definition) is 0. The van der Waals surface area contributed by atoms with Gasteiger partial charge in [0.15, 0.2) is 0 Å². The van der Waals surface area contributed by atoms with E-state index < -0.39 is 5.41 Å². The molecule has 11 aromatic rings. The van der Waals surface area contributed by atoms with Crippen LogP contribution in [0.1, 0.15) is 75.8 Å². The SMILES string of the molecule is CCc1ccc2c3c(cccc13)-c1cc(-c3ccc4c(c3)C(c3ccc(-c5ccccc5)cc3)(c3ccc(-c5ccccc5)cc3)c3cc(C5=CC6c7cccc8c(CC)ccc(c78)C6C=C5)ccc3-4)ccc1-2. The highest BCUT2D eigenvalue weighted by Gasteiger charge is 2.47. The van der Waals surface area contributed by atoms with Crippen LogP contribution in [0.5, 0.6) is 0 Å². The van der Waals surface area contributed by atoms with Crippen LogP contribution >= 0.6 is 0 Å². The van der Waals surface area contributed by atoms with Crippen molar-refractivity contribution in [2.24, 2.45) is 0 Å². The minimum atomic E-state index is -0.635. The fourth-order valence-electron chi connectivity index (χ4n) is 13.8. The first-order chi connectivity index (χ1) is 36.1. The number of fused-ring (bicyclic) bond motifs is 9. The van der Waals surface area contributed by atoms with Crippen molar-refractivity contribution < 1.29 is 0 Å². The van der Waals surface area contributed by atoms with Crippen molar-refractivity contribution in [2.75, 3.05) is 0 Å². The third-order valence-electron chi connectivity index (χ3n) is 17.3. The van der Waals surface area contributed by atoms with Gasteiger partial charge in [0, 0.05) is 11.8 Å². The van der Waals surface area contributed by atoms with Crippen LogP contribution in [0.2, 0.25) is 0 Å².